The van der Waals surface area contributed by atoms with E-state index in [1.165, 1.54) is 6.33 Å². The first-order chi connectivity index (χ1) is 16.6. The summed E-state index contributed by atoms with van der Waals surface area (Å²) >= 11 is 6.54. The number of rotatable bonds is 7. The number of tetrazole rings is 1. The Morgan fingerprint density at radius 2 is 1.62 bits per heavy atom. The van der Waals surface area contributed by atoms with Gasteiger partial charge in [0.2, 0.25) is 5.82 Å². The molecule has 0 saturated heterocycles. The number of halogens is 1. The van der Waals surface area contributed by atoms with Crippen molar-refractivity contribution in [2.45, 2.75) is 25.7 Å². The van der Waals surface area contributed by atoms with Crippen molar-refractivity contribution in [3.8, 4) is 33.9 Å². The summed E-state index contributed by atoms with van der Waals surface area (Å²) in [5, 5.41) is 14.4. The highest BCUT2D eigenvalue weighted by molar-refractivity contribution is 6.34. The number of nitrogens with one attached hydrogen (secondary N) is 1. The fourth-order valence-corrected chi connectivity index (χ4v) is 4.44. The van der Waals surface area contributed by atoms with Gasteiger partial charge in [-0.2, -0.15) is 5.21 Å². The van der Waals surface area contributed by atoms with Crippen LogP contribution in [-0.4, -0.2) is 42.2 Å². The monoisotopic (exact) mass is 470 g/mol. The molecule has 2 aliphatic carbocycles. The number of aromatic amines is 1. The van der Waals surface area contributed by atoms with Crippen LogP contribution in [-0.2, 0) is 0 Å². The summed E-state index contributed by atoms with van der Waals surface area (Å²) in [6, 6.07) is 12.9. The molecule has 2 fully saturated rings. The largest absolute Gasteiger partial charge is 0.294 e. The first-order valence-electron chi connectivity index (χ1n) is 11.2. The minimum Gasteiger partial charge on any atom is -0.294 e. The maximum atomic E-state index is 13.5. The maximum Gasteiger partial charge on any atom is 0.223 e. The van der Waals surface area contributed by atoms with Crippen LogP contribution in [0.4, 0.5) is 0 Å². The van der Waals surface area contributed by atoms with E-state index in [0.29, 0.717) is 38.9 Å². The Morgan fingerprint density at radius 3 is 2.32 bits per heavy atom. The molecule has 2 aliphatic rings. The second kappa shape index (κ2) is 8.22. The van der Waals surface area contributed by atoms with Gasteiger partial charge in [0.15, 0.2) is 11.6 Å². The van der Waals surface area contributed by atoms with E-state index in [-0.39, 0.29) is 23.4 Å². The number of benzene rings is 2. The van der Waals surface area contributed by atoms with Crippen molar-refractivity contribution in [2.75, 3.05) is 0 Å². The second-order valence-corrected chi connectivity index (χ2v) is 9.13. The number of hydrogen-bond donors (Lipinski definition) is 1. The van der Waals surface area contributed by atoms with Crippen molar-refractivity contribution in [1.29, 1.82) is 0 Å². The highest BCUT2D eigenvalue weighted by Gasteiger charge is 2.34. The Labute approximate surface area is 199 Å². The lowest BCUT2D eigenvalue weighted by Crippen LogP contribution is -2.08. The lowest BCUT2D eigenvalue weighted by atomic mass is 9.89. The zero-order chi connectivity index (χ0) is 23.2. The molecule has 0 radical (unpaired) electrons. The standard InChI is InChI=1S/C25H19ClN6O2/c26-19-10-15(8-9-17(19)23(33)13-4-5-13)16-2-1-3-18(22(16)24(34)14-6-7-14)20-11-21(28-12-27-20)25-29-31-32-30-25/h1-3,8-14H,4-7H2,(H,29,30,31,32). The summed E-state index contributed by atoms with van der Waals surface area (Å²) in [5.41, 5.74) is 4.49. The number of carbonyl (C=O) groups excluding carboxylic acids is 2. The topological polar surface area (TPSA) is 114 Å². The quantitative estimate of drug-likeness (QED) is 0.384. The Kier molecular flexibility index (Phi) is 5.03. The molecule has 2 aromatic carbocycles. The fraction of sp³-hybridized carbons (Fsp3) is 0.240. The van der Waals surface area contributed by atoms with Crippen LogP contribution in [0, 0.1) is 11.8 Å². The number of hydrogen-bond acceptors (Lipinski definition) is 7. The first-order valence-corrected chi connectivity index (χ1v) is 11.6. The van der Waals surface area contributed by atoms with Gasteiger partial charge in [0, 0.05) is 28.5 Å². The number of Topliss-reactive ketones (excluding diaryl/α,β-unsaturated/α-hetero) is 2. The van der Waals surface area contributed by atoms with E-state index in [0.717, 1.165) is 36.8 Å². The average Bonchev–Trinajstić information content (AvgIpc) is 3.81. The molecule has 2 saturated carbocycles. The third-order valence-corrected chi connectivity index (χ3v) is 6.58. The van der Waals surface area contributed by atoms with Gasteiger partial charge >= 0.3 is 0 Å². The van der Waals surface area contributed by atoms with Crippen molar-refractivity contribution < 1.29 is 9.59 Å². The second-order valence-electron chi connectivity index (χ2n) is 8.72. The zero-order valence-corrected chi connectivity index (χ0v) is 18.8. The van der Waals surface area contributed by atoms with Gasteiger partial charge in [0.25, 0.3) is 0 Å². The van der Waals surface area contributed by atoms with Gasteiger partial charge in [-0.1, -0.05) is 35.9 Å². The lowest BCUT2D eigenvalue weighted by molar-refractivity contribution is 0.0960. The van der Waals surface area contributed by atoms with Crippen LogP contribution in [0.1, 0.15) is 46.4 Å². The molecule has 168 valence electrons. The number of nitrogens with zero attached hydrogens (tertiary/aromatic N) is 5. The van der Waals surface area contributed by atoms with E-state index in [1.807, 2.05) is 24.3 Å². The van der Waals surface area contributed by atoms with Gasteiger partial charge < -0.3 is 0 Å². The molecule has 0 atom stereocenters. The maximum absolute atomic E-state index is 13.5. The molecule has 4 aromatic rings. The molecule has 9 heteroatoms. The van der Waals surface area contributed by atoms with Crippen molar-refractivity contribution in [1.82, 2.24) is 30.6 Å². The minimum atomic E-state index is 0.00426. The zero-order valence-electron chi connectivity index (χ0n) is 18.0. The predicted octanol–water partition coefficient (Wildman–Crippen LogP) is 4.83. The molecule has 0 spiro atoms. The van der Waals surface area contributed by atoms with E-state index in [2.05, 4.69) is 30.6 Å². The minimum absolute atomic E-state index is 0.00426. The Balaban J connectivity index is 1.48. The number of aromatic nitrogens is 6. The van der Waals surface area contributed by atoms with E-state index >= 15 is 0 Å². The Morgan fingerprint density at radius 1 is 0.882 bits per heavy atom. The smallest absolute Gasteiger partial charge is 0.223 e. The van der Waals surface area contributed by atoms with Crippen molar-refractivity contribution in [3.05, 3.63) is 64.9 Å². The van der Waals surface area contributed by atoms with Crippen molar-refractivity contribution in [3.63, 3.8) is 0 Å². The predicted molar refractivity (Wildman–Crippen MR) is 125 cm³/mol. The third-order valence-electron chi connectivity index (χ3n) is 6.27. The van der Waals surface area contributed by atoms with Crippen LogP contribution in [0.5, 0.6) is 0 Å². The SMILES string of the molecule is O=C(c1ccc(-c2cccc(-c3cc(-c4nn[nH]n4)ncn3)c2C(=O)C2CC2)cc1Cl)C1CC1. The molecule has 0 aliphatic heterocycles. The van der Waals surface area contributed by atoms with Gasteiger partial charge in [-0.15, -0.1) is 10.2 Å². The lowest BCUT2D eigenvalue weighted by Gasteiger charge is -2.15. The van der Waals surface area contributed by atoms with E-state index in [4.69, 9.17) is 11.6 Å². The van der Waals surface area contributed by atoms with Gasteiger partial charge in [-0.05, 0) is 60.2 Å². The molecule has 1 N–H and O–H groups in total. The molecule has 2 aromatic heterocycles. The van der Waals surface area contributed by atoms with Gasteiger partial charge in [-0.3, -0.25) is 9.59 Å². The molecular weight excluding hydrogens is 452 g/mol. The molecule has 8 nitrogen and oxygen atoms in total. The summed E-state index contributed by atoms with van der Waals surface area (Å²) in [7, 11) is 0. The van der Waals surface area contributed by atoms with Crippen LogP contribution < -0.4 is 0 Å². The molecule has 0 amide bonds. The summed E-state index contributed by atoms with van der Waals surface area (Å²) in [5.74, 6) is 0.612. The molecule has 2 heterocycles. The Bertz CT molecular complexity index is 1430. The molecule has 0 bridgehead atoms. The van der Waals surface area contributed by atoms with Gasteiger partial charge in [0.05, 0.1) is 10.7 Å². The highest BCUT2D eigenvalue weighted by Crippen LogP contribution is 2.41. The number of ketones is 2. The van der Waals surface area contributed by atoms with E-state index in [9.17, 15) is 9.59 Å². The van der Waals surface area contributed by atoms with Crippen LogP contribution in [0.2, 0.25) is 5.02 Å². The van der Waals surface area contributed by atoms with Crippen LogP contribution >= 0.6 is 11.6 Å². The Hall–Kier alpha value is -3.78. The summed E-state index contributed by atoms with van der Waals surface area (Å²) in [4.78, 5) is 34.7. The molecule has 6 rings (SSSR count). The van der Waals surface area contributed by atoms with Crippen LogP contribution in [0.15, 0.2) is 48.8 Å². The third kappa shape index (κ3) is 3.80. The fourth-order valence-electron chi connectivity index (χ4n) is 4.17. The summed E-state index contributed by atoms with van der Waals surface area (Å²) in [6.07, 6.45) is 5.02. The normalized spacial score (nSPS) is 15.3. The van der Waals surface area contributed by atoms with E-state index in [1.54, 1.807) is 18.2 Å². The summed E-state index contributed by atoms with van der Waals surface area (Å²) < 4.78 is 0. The average molecular weight is 471 g/mol. The van der Waals surface area contributed by atoms with Gasteiger partial charge in [-0.25, -0.2) is 9.97 Å². The molecular formula is C25H19ClN6O2. The first kappa shape index (κ1) is 20.8. The van der Waals surface area contributed by atoms with Crippen molar-refractivity contribution >= 4 is 23.2 Å². The number of H-pyrrole nitrogens is 1. The molecule has 34 heavy (non-hydrogen) atoms. The van der Waals surface area contributed by atoms with Crippen LogP contribution in [0.3, 0.4) is 0 Å². The summed E-state index contributed by atoms with van der Waals surface area (Å²) in [6.45, 7) is 0. The molecule has 0 unspecified atom stereocenters. The van der Waals surface area contributed by atoms with Gasteiger partial charge in [0.1, 0.15) is 12.0 Å². The van der Waals surface area contributed by atoms with Crippen molar-refractivity contribution in [2.24, 2.45) is 11.8 Å². The van der Waals surface area contributed by atoms with Crippen LogP contribution in [0.25, 0.3) is 33.9 Å². The number of carbonyl (C=O) groups is 2. The van der Waals surface area contributed by atoms with E-state index < -0.39 is 0 Å². The highest BCUT2D eigenvalue weighted by atomic mass is 35.5.